The Morgan fingerprint density at radius 2 is 1.87 bits per heavy atom. The molecule has 0 bridgehead atoms. The summed E-state index contributed by atoms with van der Waals surface area (Å²) in [6.45, 7) is 2.03. The van der Waals surface area contributed by atoms with Gasteiger partial charge in [0.1, 0.15) is 0 Å². The van der Waals surface area contributed by atoms with E-state index in [-0.39, 0.29) is 6.61 Å². The Morgan fingerprint density at radius 1 is 1.20 bits per heavy atom. The molecular formula is C12H18O2S. The number of hydrogen-bond donors (Lipinski definition) is 2. The predicted molar refractivity (Wildman–Crippen MR) is 65.3 cm³/mol. The third kappa shape index (κ3) is 4.69. The maximum Gasteiger partial charge on any atom is 0.0861 e. The minimum Gasteiger partial charge on any atom is -0.394 e. The van der Waals surface area contributed by atoms with E-state index in [9.17, 15) is 5.11 Å². The molecule has 0 aliphatic rings. The Morgan fingerprint density at radius 3 is 2.47 bits per heavy atom. The molecule has 0 radical (unpaired) electrons. The van der Waals surface area contributed by atoms with Crippen molar-refractivity contribution in [2.75, 3.05) is 18.1 Å². The highest BCUT2D eigenvalue weighted by molar-refractivity contribution is 7.99. The van der Waals surface area contributed by atoms with Crippen LogP contribution >= 0.6 is 11.8 Å². The van der Waals surface area contributed by atoms with Crippen molar-refractivity contribution in [1.29, 1.82) is 0 Å². The molecule has 2 N–H and O–H groups in total. The van der Waals surface area contributed by atoms with Crippen LogP contribution in [0.15, 0.2) is 30.3 Å². The van der Waals surface area contributed by atoms with Crippen LogP contribution in [0.4, 0.5) is 0 Å². The first-order valence-electron chi connectivity index (χ1n) is 5.15. The molecule has 2 atom stereocenters. The molecule has 0 spiro atoms. The molecule has 1 aromatic carbocycles. The van der Waals surface area contributed by atoms with Gasteiger partial charge < -0.3 is 10.2 Å². The zero-order valence-corrected chi connectivity index (χ0v) is 9.78. The molecule has 0 saturated carbocycles. The maximum atomic E-state index is 9.17. The normalized spacial score (nSPS) is 14.9. The summed E-state index contributed by atoms with van der Waals surface area (Å²) in [7, 11) is 0. The Balaban J connectivity index is 2.28. The van der Waals surface area contributed by atoms with Gasteiger partial charge in [-0.3, -0.25) is 0 Å². The second-order valence-electron chi connectivity index (χ2n) is 3.69. The third-order valence-corrected chi connectivity index (χ3v) is 3.61. The summed E-state index contributed by atoms with van der Waals surface area (Å²) < 4.78 is 0. The van der Waals surface area contributed by atoms with Gasteiger partial charge in [-0.2, -0.15) is 11.8 Å². The van der Waals surface area contributed by atoms with Gasteiger partial charge in [-0.25, -0.2) is 0 Å². The van der Waals surface area contributed by atoms with Crippen LogP contribution < -0.4 is 0 Å². The highest BCUT2D eigenvalue weighted by atomic mass is 32.2. The summed E-state index contributed by atoms with van der Waals surface area (Å²) >= 11 is 1.68. The zero-order chi connectivity index (χ0) is 11.1. The molecule has 1 aromatic rings. The van der Waals surface area contributed by atoms with Crippen molar-refractivity contribution in [3.63, 3.8) is 0 Å². The van der Waals surface area contributed by atoms with Gasteiger partial charge in [0.2, 0.25) is 0 Å². The minimum atomic E-state index is -0.585. The van der Waals surface area contributed by atoms with Gasteiger partial charge in [0.15, 0.2) is 0 Å². The first kappa shape index (κ1) is 12.6. The van der Waals surface area contributed by atoms with Crippen molar-refractivity contribution in [3.8, 4) is 0 Å². The number of rotatable bonds is 6. The summed E-state index contributed by atoms with van der Waals surface area (Å²) in [6.07, 6.45) is -0.585. The monoisotopic (exact) mass is 226 g/mol. The van der Waals surface area contributed by atoms with E-state index in [0.29, 0.717) is 11.7 Å². The number of aliphatic hydroxyl groups excluding tert-OH is 2. The fraction of sp³-hybridized carbons (Fsp3) is 0.500. The van der Waals surface area contributed by atoms with E-state index in [1.165, 1.54) is 5.56 Å². The molecule has 0 aliphatic heterocycles. The molecule has 15 heavy (non-hydrogen) atoms. The van der Waals surface area contributed by atoms with Crippen molar-refractivity contribution in [2.24, 2.45) is 0 Å². The lowest BCUT2D eigenvalue weighted by Gasteiger charge is -2.12. The van der Waals surface area contributed by atoms with Crippen molar-refractivity contribution in [3.05, 3.63) is 35.9 Å². The quantitative estimate of drug-likeness (QED) is 0.778. The Labute approximate surface area is 95.3 Å². The smallest absolute Gasteiger partial charge is 0.0861 e. The molecule has 0 unspecified atom stereocenters. The highest BCUT2D eigenvalue weighted by Crippen LogP contribution is 2.20. The van der Waals surface area contributed by atoms with E-state index in [0.717, 1.165) is 5.75 Å². The summed E-state index contributed by atoms with van der Waals surface area (Å²) in [6, 6.07) is 10.3. The standard InChI is InChI=1S/C12H18O2S/c1-10(8-15-9-12(14)7-13)11-5-3-2-4-6-11/h2-6,10,12-14H,7-9H2,1H3/t10-,12-/m1/s1. The number of hydrogen-bond acceptors (Lipinski definition) is 3. The average Bonchev–Trinajstić information content (AvgIpc) is 2.29. The average molecular weight is 226 g/mol. The van der Waals surface area contributed by atoms with Crippen LogP contribution in [-0.2, 0) is 0 Å². The van der Waals surface area contributed by atoms with Crippen LogP contribution in [0.5, 0.6) is 0 Å². The highest BCUT2D eigenvalue weighted by Gasteiger charge is 2.07. The van der Waals surface area contributed by atoms with Crippen molar-refractivity contribution in [1.82, 2.24) is 0 Å². The summed E-state index contributed by atoms with van der Waals surface area (Å²) in [5.41, 5.74) is 1.32. The van der Waals surface area contributed by atoms with Gasteiger partial charge in [0, 0.05) is 5.75 Å². The van der Waals surface area contributed by atoms with E-state index >= 15 is 0 Å². The summed E-state index contributed by atoms with van der Waals surface area (Å²) in [5.74, 6) is 2.07. The van der Waals surface area contributed by atoms with Gasteiger partial charge >= 0.3 is 0 Å². The van der Waals surface area contributed by atoms with Gasteiger partial charge in [0.05, 0.1) is 12.7 Å². The lowest BCUT2D eigenvalue weighted by atomic mass is 10.0. The number of benzene rings is 1. The topological polar surface area (TPSA) is 40.5 Å². The predicted octanol–water partition coefficient (Wildman–Crippen LogP) is 1.88. The van der Waals surface area contributed by atoms with Crippen LogP contribution in [0.3, 0.4) is 0 Å². The fourth-order valence-electron chi connectivity index (χ4n) is 1.31. The second kappa shape index (κ2) is 6.88. The molecule has 2 nitrogen and oxygen atoms in total. The van der Waals surface area contributed by atoms with Gasteiger partial charge in [-0.1, -0.05) is 37.3 Å². The lowest BCUT2D eigenvalue weighted by molar-refractivity contribution is 0.113. The van der Waals surface area contributed by atoms with E-state index in [2.05, 4.69) is 19.1 Å². The lowest BCUT2D eigenvalue weighted by Crippen LogP contribution is -2.15. The Kier molecular flexibility index (Phi) is 5.76. The molecule has 0 saturated heterocycles. The van der Waals surface area contributed by atoms with Crippen LogP contribution in [-0.4, -0.2) is 34.4 Å². The van der Waals surface area contributed by atoms with Crippen LogP contribution in [0.25, 0.3) is 0 Å². The van der Waals surface area contributed by atoms with Crippen LogP contribution in [0, 0.1) is 0 Å². The van der Waals surface area contributed by atoms with Crippen LogP contribution in [0.2, 0.25) is 0 Å². The molecule has 0 fully saturated rings. The SMILES string of the molecule is C[C@H](CSC[C@H](O)CO)c1ccccc1. The summed E-state index contributed by atoms with van der Waals surface area (Å²) in [5, 5.41) is 17.8. The molecule has 0 amide bonds. The molecule has 0 aliphatic carbocycles. The van der Waals surface area contributed by atoms with E-state index < -0.39 is 6.10 Å². The van der Waals surface area contributed by atoms with Gasteiger partial charge in [-0.05, 0) is 17.2 Å². The molecule has 0 heterocycles. The van der Waals surface area contributed by atoms with Crippen molar-refractivity contribution in [2.45, 2.75) is 18.9 Å². The number of aliphatic hydroxyl groups is 2. The van der Waals surface area contributed by atoms with E-state index in [1.807, 2.05) is 18.2 Å². The third-order valence-electron chi connectivity index (χ3n) is 2.26. The second-order valence-corrected chi connectivity index (χ2v) is 4.76. The fourth-order valence-corrected chi connectivity index (χ4v) is 2.37. The van der Waals surface area contributed by atoms with Gasteiger partial charge in [0.25, 0.3) is 0 Å². The number of thioether (sulfide) groups is 1. The first-order chi connectivity index (χ1) is 7.24. The zero-order valence-electron chi connectivity index (χ0n) is 8.97. The molecule has 0 aromatic heterocycles. The molecule has 1 rings (SSSR count). The first-order valence-corrected chi connectivity index (χ1v) is 6.31. The van der Waals surface area contributed by atoms with Crippen molar-refractivity contribution < 1.29 is 10.2 Å². The largest absolute Gasteiger partial charge is 0.394 e. The Bertz CT molecular complexity index is 264. The Hall–Kier alpha value is -0.510. The summed E-state index contributed by atoms with van der Waals surface area (Å²) in [4.78, 5) is 0. The molecule has 84 valence electrons. The van der Waals surface area contributed by atoms with E-state index in [4.69, 9.17) is 5.11 Å². The van der Waals surface area contributed by atoms with Crippen molar-refractivity contribution >= 4 is 11.8 Å². The van der Waals surface area contributed by atoms with Crippen LogP contribution in [0.1, 0.15) is 18.4 Å². The van der Waals surface area contributed by atoms with Gasteiger partial charge in [-0.15, -0.1) is 0 Å². The van der Waals surface area contributed by atoms with E-state index in [1.54, 1.807) is 11.8 Å². The molecule has 3 heteroatoms. The minimum absolute atomic E-state index is 0.146. The maximum absolute atomic E-state index is 9.17. The molecular weight excluding hydrogens is 208 g/mol.